The Morgan fingerprint density at radius 1 is 1.41 bits per heavy atom. The molecule has 1 unspecified atom stereocenters. The molecule has 7 heteroatoms. The third-order valence-corrected chi connectivity index (χ3v) is 4.93. The number of benzene rings is 1. The van der Waals surface area contributed by atoms with Gasteiger partial charge < -0.3 is 10.1 Å². The first-order valence-electron chi connectivity index (χ1n) is 7.31. The Hall–Kier alpha value is -0.820. The van der Waals surface area contributed by atoms with Crippen LogP contribution in [0.2, 0.25) is 0 Å². The van der Waals surface area contributed by atoms with Crippen molar-refractivity contribution in [3.63, 3.8) is 0 Å². The molecule has 1 N–H and O–H groups in total. The Morgan fingerprint density at radius 2 is 2.18 bits per heavy atom. The molecule has 126 valence electrons. The van der Waals surface area contributed by atoms with Gasteiger partial charge in [0.15, 0.2) is 9.84 Å². The minimum Gasteiger partial charge on any atom is -0.492 e. The van der Waals surface area contributed by atoms with Crippen LogP contribution in [-0.2, 0) is 9.84 Å². The first-order valence-corrected chi connectivity index (χ1v) is 9.21. The van der Waals surface area contributed by atoms with Crippen molar-refractivity contribution in [3.8, 4) is 5.75 Å². The number of nitrogens with one attached hydrogen (secondary N) is 1. The summed E-state index contributed by atoms with van der Waals surface area (Å²) in [6.07, 6.45) is 3.64. The van der Waals surface area contributed by atoms with Crippen molar-refractivity contribution in [1.82, 2.24) is 10.2 Å². The maximum Gasteiger partial charge on any atom is 0.175 e. The minimum atomic E-state index is -3.18. The number of likely N-dealkylation sites (N-methyl/N-ethyl adjacent to an activating group) is 1. The van der Waals surface area contributed by atoms with Crippen LogP contribution in [0.5, 0.6) is 5.75 Å². The molecular weight excluding hydrogens is 324 g/mol. The van der Waals surface area contributed by atoms with Gasteiger partial charge in [-0.15, -0.1) is 12.4 Å². The number of piperidine rings is 1. The number of nitrogens with zero attached hydrogens (tertiary/aromatic N) is 1. The molecule has 5 nitrogen and oxygen atoms in total. The van der Waals surface area contributed by atoms with Crippen LogP contribution in [-0.4, -0.2) is 58.9 Å². The minimum absolute atomic E-state index is 0. The van der Waals surface area contributed by atoms with Crippen LogP contribution in [0.3, 0.4) is 0 Å². The third-order valence-electron chi connectivity index (χ3n) is 3.82. The van der Waals surface area contributed by atoms with Crippen LogP contribution < -0.4 is 10.1 Å². The second-order valence-corrected chi connectivity index (χ2v) is 7.54. The molecule has 1 aromatic carbocycles. The molecule has 1 atom stereocenters. The summed E-state index contributed by atoms with van der Waals surface area (Å²) in [7, 11) is -1.18. The fourth-order valence-corrected chi connectivity index (χ4v) is 3.24. The predicted octanol–water partition coefficient (Wildman–Crippen LogP) is 1.57. The van der Waals surface area contributed by atoms with E-state index in [0.717, 1.165) is 19.6 Å². The van der Waals surface area contributed by atoms with Gasteiger partial charge in [0.25, 0.3) is 0 Å². The van der Waals surface area contributed by atoms with Crippen LogP contribution in [0.1, 0.15) is 12.8 Å². The van der Waals surface area contributed by atoms with E-state index >= 15 is 0 Å². The topological polar surface area (TPSA) is 58.6 Å². The van der Waals surface area contributed by atoms with E-state index < -0.39 is 9.84 Å². The van der Waals surface area contributed by atoms with Crippen molar-refractivity contribution in [1.29, 1.82) is 0 Å². The SMILES string of the molecule is CNC1CCCN(CCOc2cccc(S(C)(=O)=O)c2)C1.Cl. The highest BCUT2D eigenvalue weighted by molar-refractivity contribution is 7.90. The number of hydrogen-bond donors (Lipinski definition) is 1. The molecule has 0 aliphatic carbocycles. The zero-order chi connectivity index (χ0) is 15.3. The molecule has 1 heterocycles. The average Bonchev–Trinajstić information content (AvgIpc) is 2.47. The van der Waals surface area contributed by atoms with E-state index in [0.29, 0.717) is 23.3 Å². The summed E-state index contributed by atoms with van der Waals surface area (Å²) in [4.78, 5) is 2.68. The smallest absolute Gasteiger partial charge is 0.175 e. The Balaban J connectivity index is 0.00000242. The summed E-state index contributed by atoms with van der Waals surface area (Å²) in [6.45, 7) is 3.58. The molecule has 22 heavy (non-hydrogen) atoms. The van der Waals surface area contributed by atoms with Gasteiger partial charge in [0.2, 0.25) is 0 Å². The van der Waals surface area contributed by atoms with Gasteiger partial charge >= 0.3 is 0 Å². The molecule has 0 aromatic heterocycles. The highest BCUT2D eigenvalue weighted by atomic mass is 35.5. The Morgan fingerprint density at radius 3 is 2.86 bits per heavy atom. The summed E-state index contributed by atoms with van der Waals surface area (Å²) < 4.78 is 28.7. The number of rotatable bonds is 6. The second-order valence-electron chi connectivity index (χ2n) is 5.52. The van der Waals surface area contributed by atoms with Crippen molar-refractivity contribution in [2.24, 2.45) is 0 Å². The monoisotopic (exact) mass is 348 g/mol. The number of halogens is 1. The highest BCUT2D eigenvalue weighted by Crippen LogP contribution is 2.17. The van der Waals surface area contributed by atoms with Crippen molar-refractivity contribution in [2.75, 3.05) is 39.5 Å². The quantitative estimate of drug-likeness (QED) is 0.845. The lowest BCUT2D eigenvalue weighted by molar-refractivity contribution is 0.162. The summed E-state index contributed by atoms with van der Waals surface area (Å²) in [5.41, 5.74) is 0. The van der Waals surface area contributed by atoms with Crippen LogP contribution in [0.15, 0.2) is 29.2 Å². The maximum absolute atomic E-state index is 11.5. The van der Waals surface area contributed by atoms with Gasteiger partial charge in [-0.05, 0) is 44.6 Å². The number of sulfone groups is 1. The third kappa shape index (κ3) is 5.76. The lowest BCUT2D eigenvalue weighted by Gasteiger charge is -2.32. The zero-order valence-electron chi connectivity index (χ0n) is 13.1. The van der Waals surface area contributed by atoms with Gasteiger partial charge in [-0.2, -0.15) is 0 Å². The molecule has 0 saturated carbocycles. The number of hydrogen-bond acceptors (Lipinski definition) is 5. The maximum atomic E-state index is 11.5. The van der Waals surface area contributed by atoms with Gasteiger partial charge in [0, 0.05) is 25.4 Å². The van der Waals surface area contributed by atoms with Crippen LogP contribution in [0.4, 0.5) is 0 Å². The van der Waals surface area contributed by atoms with Gasteiger partial charge in [-0.1, -0.05) is 6.07 Å². The first kappa shape index (κ1) is 19.2. The van der Waals surface area contributed by atoms with Crippen molar-refractivity contribution >= 4 is 22.2 Å². The number of likely N-dealkylation sites (tertiary alicyclic amines) is 1. The molecule has 2 rings (SSSR count). The zero-order valence-corrected chi connectivity index (χ0v) is 14.8. The van der Waals surface area contributed by atoms with E-state index in [-0.39, 0.29) is 12.4 Å². The molecule has 0 spiro atoms. The van der Waals surface area contributed by atoms with E-state index in [1.807, 2.05) is 7.05 Å². The van der Waals surface area contributed by atoms with E-state index in [9.17, 15) is 8.42 Å². The molecule has 1 aliphatic rings. The van der Waals surface area contributed by atoms with Crippen LogP contribution >= 0.6 is 12.4 Å². The molecular formula is C15H25ClN2O3S. The standard InChI is InChI=1S/C15H24N2O3S.ClH/c1-16-13-5-4-8-17(12-13)9-10-20-14-6-3-7-15(11-14)21(2,18)19;/h3,6-7,11,13,16H,4-5,8-10,12H2,1-2H3;1H. The van der Waals surface area contributed by atoms with E-state index in [1.54, 1.807) is 24.3 Å². The Kier molecular flexibility index (Phi) is 7.62. The van der Waals surface area contributed by atoms with Crippen molar-refractivity contribution < 1.29 is 13.2 Å². The molecule has 0 bridgehead atoms. The van der Waals surface area contributed by atoms with Crippen molar-refractivity contribution in [3.05, 3.63) is 24.3 Å². The second kappa shape index (κ2) is 8.72. The fourth-order valence-electron chi connectivity index (χ4n) is 2.58. The predicted molar refractivity (Wildman–Crippen MR) is 90.8 cm³/mol. The van der Waals surface area contributed by atoms with Gasteiger partial charge in [-0.3, -0.25) is 4.90 Å². The van der Waals surface area contributed by atoms with Gasteiger partial charge in [0.1, 0.15) is 12.4 Å². The molecule has 1 aromatic rings. The lowest BCUT2D eigenvalue weighted by atomic mass is 10.1. The van der Waals surface area contributed by atoms with Crippen LogP contribution in [0, 0.1) is 0 Å². The van der Waals surface area contributed by atoms with Gasteiger partial charge in [0.05, 0.1) is 4.90 Å². The van der Waals surface area contributed by atoms with E-state index in [1.165, 1.54) is 19.1 Å². The molecule has 1 fully saturated rings. The van der Waals surface area contributed by atoms with E-state index in [4.69, 9.17) is 4.74 Å². The van der Waals surface area contributed by atoms with Crippen LogP contribution in [0.25, 0.3) is 0 Å². The Labute approximate surface area is 139 Å². The largest absolute Gasteiger partial charge is 0.492 e. The van der Waals surface area contributed by atoms with Gasteiger partial charge in [-0.25, -0.2) is 8.42 Å². The lowest BCUT2D eigenvalue weighted by Crippen LogP contribution is -2.45. The van der Waals surface area contributed by atoms with Crippen molar-refractivity contribution in [2.45, 2.75) is 23.8 Å². The number of ether oxygens (including phenoxy) is 1. The average molecular weight is 349 g/mol. The fraction of sp³-hybridized carbons (Fsp3) is 0.600. The molecule has 0 radical (unpaired) electrons. The molecule has 1 saturated heterocycles. The summed E-state index contributed by atoms with van der Waals surface area (Å²) in [5, 5.41) is 3.32. The molecule has 0 amide bonds. The molecule has 1 aliphatic heterocycles. The highest BCUT2D eigenvalue weighted by Gasteiger charge is 2.17. The first-order chi connectivity index (χ1) is 9.99. The summed E-state index contributed by atoms with van der Waals surface area (Å²) in [5.74, 6) is 0.611. The normalized spacial score (nSPS) is 19.5. The Bertz CT molecular complexity index is 566. The summed E-state index contributed by atoms with van der Waals surface area (Å²) in [6, 6.07) is 7.24. The van der Waals surface area contributed by atoms with E-state index in [2.05, 4.69) is 10.2 Å². The summed E-state index contributed by atoms with van der Waals surface area (Å²) >= 11 is 0.